The molecule has 26 heavy (non-hydrogen) atoms. The molecule has 0 saturated carbocycles. The van der Waals surface area contributed by atoms with Crippen LogP contribution in [0.1, 0.15) is 45.6 Å². The Balaban J connectivity index is 1.79. The third-order valence-corrected chi connectivity index (χ3v) is 4.53. The number of carbonyl (C=O) groups is 1. The van der Waals surface area contributed by atoms with Gasteiger partial charge >= 0.3 is 0 Å². The van der Waals surface area contributed by atoms with Gasteiger partial charge in [-0.15, -0.1) is 0 Å². The van der Waals surface area contributed by atoms with E-state index < -0.39 is 0 Å². The van der Waals surface area contributed by atoms with Crippen molar-refractivity contribution in [2.45, 2.75) is 47.7 Å². The molecule has 6 nitrogen and oxygen atoms in total. The Morgan fingerprint density at radius 1 is 1.08 bits per heavy atom. The van der Waals surface area contributed by atoms with E-state index in [9.17, 15) is 4.79 Å². The summed E-state index contributed by atoms with van der Waals surface area (Å²) < 4.78 is 3.82. The largest absolute Gasteiger partial charge is 0.322 e. The van der Waals surface area contributed by atoms with Crippen LogP contribution in [0.2, 0.25) is 0 Å². The summed E-state index contributed by atoms with van der Waals surface area (Å²) in [6.45, 7) is 11.3. The van der Waals surface area contributed by atoms with Gasteiger partial charge in [-0.1, -0.05) is 12.1 Å². The standard InChI is InChI=1S/C20H25N5O/c1-6-24-16(5)19(15(4)23-24)20(26)21-18-9-7-8-17(11-18)12-25-14(3)10-13(2)22-25/h7-11H,6,12H2,1-5H3,(H,21,26). The van der Waals surface area contributed by atoms with Crippen LogP contribution >= 0.6 is 0 Å². The molecule has 0 atom stereocenters. The summed E-state index contributed by atoms with van der Waals surface area (Å²) in [5.74, 6) is -0.122. The van der Waals surface area contributed by atoms with Crippen LogP contribution < -0.4 is 5.32 Å². The molecule has 0 aliphatic carbocycles. The highest BCUT2D eigenvalue weighted by atomic mass is 16.1. The average molecular weight is 351 g/mol. The molecular formula is C20H25N5O. The van der Waals surface area contributed by atoms with E-state index in [2.05, 4.69) is 21.6 Å². The van der Waals surface area contributed by atoms with Crippen molar-refractivity contribution in [1.82, 2.24) is 19.6 Å². The smallest absolute Gasteiger partial charge is 0.259 e. The third kappa shape index (κ3) is 3.54. The maximum atomic E-state index is 12.7. The molecule has 2 aromatic heterocycles. The fourth-order valence-corrected chi connectivity index (χ4v) is 3.28. The predicted molar refractivity (Wildman–Crippen MR) is 103 cm³/mol. The highest BCUT2D eigenvalue weighted by Crippen LogP contribution is 2.18. The molecule has 0 unspecified atom stereocenters. The zero-order chi connectivity index (χ0) is 18.8. The second-order valence-corrected chi connectivity index (χ2v) is 6.60. The molecule has 2 heterocycles. The summed E-state index contributed by atoms with van der Waals surface area (Å²) in [4.78, 5) is 12.7. The van der Waals surface area contributed by atoms with Crippen LogP contribution in [0.25, 0.3) is 0 Å². The summed E-state index contributed by atoms with van der Waals surface area (Å²) in [5, 5.41) is 11.9. The van der Waals surface area contributed by atoms with Gasteiger partial charge in [0, 0.05) is 23.6 Å². The number of nitrogens with zero attached hydrogens (tertiary/aromatic N) is 4. The molecule has 3 aromatic rings. The maximum absolute atomic E-state index is 12.7. The number of anilines is 1. The van der Waals surface area contributed by atoms with Crippen molar-refractivity contribution in [2.24, 2.45) is 0 Å². The quantitative estimate of drug-likeness (QED) is 0.763. The second kappa shape index (κ2) is 7.15. The summed E-state index contributed by atoms with van der Waals surface area (Å²) in [6, 6.07) is 9.94. The summed E-state index contributed by atoms with van der Waals surface area (Å²) in [6.07, 6.45) is 0. The number of carbonyl (C=O) groups excluding carboxylic acids is 1. The van der Waals surface area contributed by atoms with Crippen LogP contribution in [0.4, 0.5) is 5.69 Å². The van der Waals surface area contributed by atoms with Crippen molar-refractivity contribution in [1.29, 1.82) is 0 Å². The van der Waals surface area contributed by atoms with E-state index in [1.807, 2.05) is 68.2 Å². The van der Waals surface area contributed by atoms with Gasteiger partial charge in [0.1, 0.15) is 0 Å². The summed E-state index contributed by atoms with van der Waals surface area (Å²) >= 11 is 0. The van der Waals surface area contributed by atoms with Crippen molar-refractivity contribution in [3.63, 3.8) is 0 Å². The lowest BCUT2D eigenvalue weighted by Crippen LogP contribution is -2.14. The van der Waals surface area contributed by atoms with Crippen molar-refractivity contribution in [3.05, 3.63) is 64.2 Å². The lowest BCUT2D eigenvalue weighted by molar-refractivity contribution is 0.102. The minimum absolute atomic E-state index is 0.122. The zero-order valence-electron chi connectivity index (χ0n) is 16.0. The molecule has 3 rings (SSSR count). The molecule has 1 amide bonds. The van der Waals surface area contributed by atoms with Crippen LogP contribution in [0.3, 0.4) is 0 Å². The molecule has 1 N–H and O–H groups in total. The topological polar surface area (TPSA) is 64.7 Å². The monoisotopic (exact) mass is 351 g/mol. The first-order valence-corrected chi connectivity index (χ1v) is 8.84. The van der Waals surface area contributed by atoms with Gasteiger partial charge in [-0.25, -0.2) is 0 Å². The Hall–Kier alpha value is -2.89. The minimum atomic E-state index is -0.122. The third-order valence-electron chi connectivity index (χ3n) is 4.53. The Morgan fingerprint density at radius 2 is 1.85 bits per heavy atom. The van der Waals surface area contributed by atoms with Gasteiger partial charge < -0.3 is 5.32 Å². The molecular weight excluding hydrogens is 326 g/mol. The van der Waals surface area contributed by atoms with E-state index in [1.54, 1.807) is 0 Å². The van der Waals surface area contributed by atoms with Crippen molar-refractivity contribution >= 4 is 11.6 Å². The number of nitrogens with one attached hydrogen (secondary N) is 1. The van der Waals surface area contributed by atoms with E-state index in [0.717, 1.165) is 40.6 Å². The number of aromatic nitrogens is 4. The van der Waals surface area contributed by atoms with E-state index in [4.69, 9.17) is 0 Å². The molecule has 0 fully saturated rings. The first-order chi connectivity index (χ1) is 12.4. The van der Waals surface area contributed by atoms with Crippen molar-refractivity contribution < 1.29 is 4.79 Å². The molecule has 0 saturated heterocycles. The number of aryl methyl sites for hydroxylation is 4. The number of hydrogen-bond acceptors (Lipinski definition) is 3. The van der Waals surface area contributed by atoms with Gasteiger partial charge in [-0.2, -0.15) is 10.2 Å². The number of rotatable bonds is 5. The van der Waals surface area contributed by atoms with Gasteiger partial charge in [0.05, 0.1) is 23.5 Å². The SMILES string of the molecule is CCn1nc(C)c(C(=O)Nc2cccc(Cn3nc(C)cc3C)c2)c1C. The Labute approximate surface area is 153 Å². The van der Waals surface area contributed by atoms with Crippen molar-refractivity contribution in [2.75, 3.05) is 5.32 Å². The Morgan fingerprint density at radius 3 is 2.46 bits per heavy atom. The van der Waals surface area contributed by atoms with Crippen molar-refractivity contribution in [3.8, 4) is 0 Å². The molecule has 0 aliphatic heterocycles. The maximum Gasteiger partial charge on any atom is 0.259 e. The van der Waals surface area contributed by atoms with Crippen LogP contribution in [-0.2, 0) is 13.1 Å². The molecule has 0 bridgehead atoms. The van der Waals surface area contributed by atoms with E-state index in [0.29, 0.717) is 12.1 Å². The van der Waals surface area contributed by atoms with E-state index >= 15 is 0 Å². The lowest BCUT2D eigenvalue weighted by Gasteiger charge is -2.09. The predicted octanol–water partition coefficient (Wildman–Crippen LogP) is 3.63. The van der Waals surface area contributed by atoms with E-state index in [1.165, 1.54) is 0 Å². The van der Waals surface area contributed by atoms with Crippen LogP contribution in [0.5, 0.6) is 0 Å². The molecule has 136 valence electrons. The van der Waals surface area contributed by atoms with Gasteiger partial charge in [0.25, 0.3) is 5.91 Å². The highest BCUT2D eigenvalue weighted by molar-refractivity contribution is 6.05. The lowest BCUT2D eigenvalue weighted by atomic mass is 10.1. The molecule has 0 spiro atoms. The Bertz CT molecular complexity index is 951. The highest BCUT2D eigenvalue weighted by Gasteiger charge is 2.18. The molecule has 0 radical (unpaired) electrons. The average Bonchev–Trinajstić information content (AvgIpc) is 3.05. The van der Waals surface area contributed by atoms with Gasteiger partial charge in [0.15, 0.2) is 0 Å². The number of benzene rings is 1. The molecule has 1 aromatic carbocycles. The van der Waals surface area contributed by atoms with Gasteiger partial charge in [-0.3, -0.25) is 14.2 Å². The normalized spacial score (nSPS) is 11.0. The Kier molecular flexibility index (Phi) is 4.93. The van der Waals surface area contributed by atoms with Crippen LogP contribution in [-0.4, -0.2) is 25.5 Å². The zero-order valence-corrected chi connectivity index (χ0v) is 16.0. The fourth-order valence-electron chi connectivity index (χ4n) is 3.28. The van der Waals surface area contributed by atoms with Gasteiger partial charge in [-0.05, 0) is 58.4 Å². The number of amides is 1. The summed E-state index contributed by atoms with van der Waals surface area (Å²) in [5.41, 5.74) is 6.28. The molecule has 0 aliphatic rings. The van der Waals surface area contributed by atoms with E-state index in [-0.39, 0.29) is 5.91 Å². The first-order valence-electron chi connectivity index (χ1n) is 8.84. The summed E-state index contributed by atoms with van der Waals surface area (Å²) in [7, 11) is 0. The molecule has 6 heteroatoms. The van der Waals surface area contributed by atoms with Crippen LogP contribution in [0, 0.1) is 27.7 Å². The number of hydrogen-bond donors (Lipinski definition) is 1. The second-order valence-electron chi connectivity index (χ2n) is 6.60. The minimum Gasteiger partial charge on any atom is -0.322 e. The first kappa shape index (κ1) is 17.9. The fraction of sp³-hybridized carbons (Fsp3) is 0.350. The van der Waals surface area contributed by atoms with Crippen LogP contribution in [0.15, 0.2) is 30.3 Å². The van der Waals surface area contributed by atoms with Gasteiger partial charge in [0.2, 0.25) is 0 Å².